The van der Waals surface area contributed by atoms with Gasteiger partial charge in [0.25, 0.3) is 0 Å². The Balaban J connectivity index is 1.86. The molecule has 0 saturated heterocycles. The number of rotatable bonds is 5. The molecule has 0 unspecified atom stereocenters. The predicted molar refractivity (Wildman–Crippen MR) is 91.0 cm³/mol. The van der Waals surface area contributed by atoms with E-state index < -0.39 is 0 Å². The highest BCUT2D eigenvalue weighted by Crippen LogP contribution is 2.25. The van der Waals surface area contributed by atoms with Crippen LogP contribution in [0.25, 0.3) is 10.2 Å². The number of nitrogens with zero attached hydrogens (tertiary/aromatic N) is 1. The molecule has 1 aromatic heterocycles. The van der Waals surface area contributed by atoms with Crippen LogP contribution in [0.15, 0.2) is 42.5 Å². The van der Waals surface area contributed by atoms with Gasteiger partial charge in [-0.15, -0.1) is 11.3 Å². The summed E-state index contributed by atoms with van der Waals surface area (Å²) < 4.78 is 1.27. The molecule has 0 aliphatic heterocycles. The second kappa shape index (κ2) is 6.37. The smallest absolute Gasteiger partial charge is 0.0982 e. The minimum absolute atomic E-state index is 0.922. The highest BCUT2D eigenvalue weighted by molar-refractivity contribution is 7.18. The quantitative estimate of drug-likeness (QED) is 0.759. The van der Waals surface area contributed by atoms with E-state index in [4.69, 9.17) is 4.98 Å². The van der Waals surface area contributed by atoms with Crippen LogP contribution in [-0.2, 0) is 13.0 Å². The molecule has 2 aromatic carbocycles. The van der Waals surface area contributed by atoms with Gasteiger partial charge in [-0.2, -0.15) is 0 Å². The topological polar surface area (TPSA) is 24.9 Å². The minimum atomic E-state index is 0.922. The molecule has 0 fully saturated rings. The van der Waals surface area contributed by atoms with Gasteiger partial charge < -0.3 is 5.32 Å². The molecule has 0 amide bonds. The van der Waals surface area contributed by atoms with E-state index in [2.05, 4.69) is 55.6 Å². The fraction of sp³-hybridized carbons (Fsp3) is 0.278. The lowest BCUT2D eigenvalue weighted by Gasteiger charge is -2.08. The summed E-state index contributed by atoms with van der Waals surface area (Å²) in [5.41, 5.74) is 5.18. The molecular formula is C18H20N2S. The molecule has 3 aromatic rings. The van der Waals surface area contributed by atoms with E-state index in [-0.39, 0.29) is 0 Å². The number of hydrogen-bond acceptors (Lipinski definition) is 3. The fourth-order valence-electron chi connectivity index (χ4n) is 2.45. The average Bonchev–Trinajstić information content (AvgIpc) is 2.90. The molecule has 1 N–H and O–H groups in total. The fourth-order valence-corrected chi connectivity index (χ4v) is 3.44. The highest BCUT2D eigenvalue weighted by atomic mass is 32.1. The van der Waals surface area contributed by atoms with Crippen LogP contribution in [0.1, 0.15) is 28.6 Å². The third kappa shape index (κ3) is 3.31. The van der Waals surface area contributed by atoms with Crippen molar-refractivity contribution in [2.24, 2.45) is 0 Å². The second-order valence-electron chi connectivity index (χ2n) is 5.29. The first-order valence-electron chi connectivity index (χ1n) is 7.40. The first-order valence-corrected chi connectivity index (χ1v) is 8.21. The summed E-state index contributed by atoms with van der Waals surface area (Å²) in [7, 11) is 0. The number of benzene rings is 2. The van der Waals surface area contributed by atoms with Crippen LogP contribution in [0.4, 0.5) is 0 Å². The maximum Gasteiger partial charge on any atom is 0.0982 e. The summed E-state index contributed by atoms with van der Waals surface area (Å²) in [4.78, 5) is 4.74. The second-order valence-corrected chi connectivity index (χ2v) is 6.41. The van der Waals surface area contributed by atoms with Gasteiger partial charge in [-0.05, 0) is 42.3 Å². The van der Waals surface area contributed by atoms with Crippen molar-refractivity contribution in [3.8, 4) is 0 Å². The molecule has 0 aliphatic carbocycles. The Morgan fingerprint density at radius 2 is 2.00 bits per heavy atom. The van der Waals surface area contributed by atoms with Crippen molar-refractivity contribution in [1.82, 2.24) is 10.3 Å². The van der Waals surface area contributed by atoms with Crippen LogP contribution in [0, 0.1) is 6.92 Å². The molecule has 0 spiro atoms. The molecule has 0 aliphatic rings. The number of hydrogen-bond donors (Lipinski definition) is 1. The van der Waals surface area contributed by atoms with Gasteiger partial charge in [-0.1, -0.05) is 37.3 Å². The van der Waals surface area contributed by atoms with Crippen LogP contribution in [0.5, 0.6) is 0 Å². The van der Waals surface area contributed by atoms with Gasteiger partial charge in [0.1, 0.15) is 0 Å². The van der Waals surface area contributed by atoms with Crippen LogP contribution in [0.2, 0.25) is 0 Å². The lowest BCUT2D eigenvalue weighted by atomic mass is 10.0. The van der Waals surface area contributed by atoms with Crippen LogP contribution in [-0.4, -0.2) is 11.5 Å². The monoisotopic (exact) mass is 296 g/mol. The predicted octanol–water partition coefficient (Wildman–Crippen LogP) is 4.31. The zero-order chi connectivity index (χ0) is 14.7. The van der Waals surface area contributed by atoms with Crippen molar-refractivity contribution in [2.75, 3.05) is 6.54 Å². The molecule has 2 nitrogen and oxygen atoms in total. The maximum atomic E-state index is 4.74. The number of thiazole rings is 1. The number of fused-ring (bicyclic) bond motifs is 1. The summed E-state index contributed by atoms with van der Waals surface area (Å²) in [6.07, 6.45) is 0.922. The van der Waals surface area contributed by atoms with E-state index in [1.807, 2.05) is 6.07 Å². The number of aromatic nitrogens is 1. The lowest BCUT2D eigenvalue weighted by molar-refractivity contribution is 0.726. The largest absolute Gasteiger partial charge is 0.313 e. The lowest BCUT2D eigenvalue weighted by Crippen LogP contribution is -2.12. The highest BCUT2D eigenvalue weighted by Gasteiger charge is 2.07. The van der Waals surface area contributed by atoms with Crippen molar-refractivity contribution in [2.45, 2.75) is 26.8 Å². The minimum Gasteiger partial charge on any atom is -0.313 e. The maximum absolute atomic E-state index is 4.74. The Morgan fingerprint density at radius 3 is 2.81 bits per heavy atom. The van der Waals surface area contributed by atoms with Gasteiger partial charge in [0.15, 0.2) is 0 Å². The van der Waals surface area contributed by atoms with E-state index in [0.717, 1.165) is 25.0 Å². The molecule has 21 heavy (non-hydrogen) atoms. The SMILES string of the molecule is CCNCc1ccc(C)c(Cc2nc3ccccc3s2)c1. The molecule has 108 valence electrons. The third-order valence-corrected chi connectivity index (χ3v) is 4.71. The molecule has 0 bridgehead atoms. The van der Waals surface area contributed by atoms with Crippen molar-refractivity contribution >= 4 is 21.6 Å². The average molecular weight is 296 g/mol. The Labute approximate surface area is 129 Å². The van der Waals surface area contributed by atoms with Crippen molar-refractivity contribution in [1.29, 1.82) is 0 Å². The van der Waals surface area contributed by atoms with Crippen LogP contribution in [0.3, 0.4) is 0 Å². The van der Waals surface area contributed by atoms with Crippen molar-refractivity contribution < 1.29 is 0 Å². The van der Waals surface area contributed by atoms with Crippen LogP contribution < -0.4 is 5.32 Å². The molecule has 0 saturated carbocycles. The standard InChI is InChI=1S/C18H20N2S/c1-3-19-12-14-9-8-13(2)15(10-14)11-18-20-16-6-4-5-7-17(16)21-18/h4-10,19H,3,11-12H2,1-2H3. The zero-order valence-corrected chi connectivity index (χ0v) is 13.3. The summed E-state index contributed by atoms with van der Waals surface area (Å²) in [6, 6.07) is 15.1. The summed E-state index contributed by atoms with van der Waals surface area (Å²) in [6.45, 7) is 6.25. The van der Waals surface area contributed by atoms with Gasteiger partial charge in [0.2, 0.25) is 0 Å². The van der Waals surface area contributed by atoms with Gasteiger partial charge >= 0.3 is 0 Å². The number of para-hydroxylation sites is 1. The molecule has 1 heterocycles. The number of aryl methyl sites for hydroxylation is 1. The van der Waals surface area contributed by atoms with Crippen molar-refractivity contribution in [3.63, 3.8) is 0 Å². The van der Waals surface area contributed by atoms with Gasteiger partial charge in [0, 0.05) is 13.0 Å². The Kier molecular flexibility index (Phi) is 4.32. The third-order valence-electron chi connectivity index (χ3n) is 3.67. The Morgan fingerprint density at radius 1 is 1.14 bits per heavy atom. The number of nitrogens with one attached hydrogen (secondary N) is 1. The Bertz CT molecular complexity index is 713. The van der Waals surface area contributed by atoms with E-state index in [1.165, 1.54) is 26.4 Å². The Hall–Kier alpha value is -1.71. The summed E-state index contributed by atoms with van der Waals surface area (Å²) >= 11 is 1.80. The van der Waals surface area contributed by atoms with Gasteiger partial charge in [-0.25, -0.2) is 4.98 Å². The first kappa shape index (κ1) is 14.2. The van der Waals surface area contributed by atoms with E-state index in [9.17, 15) is 0 Å². The molecule has 0 radical (unpaired) electrons. The van der Waals surface area contributed by atoms with Crippen LogP contribution >= 0.6 is 11.3 Å². The zero-order valence-electron chi connectivity index (χ0n) is 12.5. The van der Waals surface area contributed by atoms with Gasteiger partial charge in [-0.3, -0.25) is 0 Å². The molecule has 3 heteroatoms. The first-order chi connectivity index (χ1) is 10.3. The summed E-state index contributed by atoms with van der Waals surface area (Å²) in [5.74, 6) is 0. The molecule has 3 rings (SSSR count). The molecular weight excluding hydrogens is 276 g/mol. The van der Waals surface area contributed by atoms with Gasteiger partial charge in [0.05, 0.1) is 15.2 Å². The van der Waals surface area contributed by atoms with E-state index >= 15 is 0 Å². The van der Waals surface area contributed by atoms with E-state index in [0.29, 0.717) is 0 Å². The van der Waals surface area contributed by atoms with Crippen molar-refractivity contribution in [3.05, 3.63) is 64.2 Å². The normalized spacial score (nSPS) is 11.1. The summed E-state index contributed by atoms with van der Waals surface area (Å²) in [5, 5.41) is 4.58. The van der Waals surface area contributed by atoms with E-state index in [1.54, 1.807) is 11.3 Å². The molecule has 0 atom stereocenters.